The summed E-state index contributed by atoms with van der Waals surface area (Å²) in [6.07, 6.45) is 1.86. The first kappa shape index (κ1) is 8.14. The topological polar surface area (TPSA) is 32.5 Å². The van der Waals surface area contributed by atoms with Crippen molar-refractivity contribution >= 4 is 0 Å². The molecule has 3 heteroatoms. The number of rotatable bonds is 2. The summed E-state index contributed by atoms with van der Waals surface area (Å²) >= 11 is 0. The van der Waals surface area contributed by atoms with Crippen LogP contribution >= 0.6 is 0 Å². The number of hydrogen-bond donors (Lipinski definition) is 1. The molecule has 0 aromatic carbocycles. The highest BCUT2D eigenvalue weighted by molar-refractivity contribution is 4.91. The quantitative estimate of drug-likeness (QED) is 0.563. The number of nitrogens with zero attached hydrogens (tertiary/aromatic N) is 2. The molecule has 0 aliphatic carbocycles. The van der Waals surface area contributed by atoms with Crippen LogP contribution in [-0.4, -0.2) is 38.0 Å². The first-order valence-corrected chi connectivity index (χ1v) is 2.85. The van der Waals surface area contributed by atoms with Crippen LogP contribution in [0.2, 0.25) is 0 Å². The van der Waals surface area contributed by atoms with Gasteiger partial charge in [-0.15, -0.1) is 0 Å². The molecule has 0 spiro atoms. The second-order valence-corrected chi connectivity index (χ2v) is 2.41. The van der Waals surface area contributed by atoms with Crippen molar-refractivity contribution in [3.63, 3.8) is 0 Å². The summed E-state index contributed by atoms with van der Waals surface area (Å²) in [7, 11) is 7.71. The largest absolute Gasteiger partial charge is 0.384 e. The Balaban J connectivity index is 3.84. The van der Waals surface area contributed by atoms with Gasteiger partial charge < -0.3 is 15.5 Å². The maximum Gasteiger partial charge on any atom is 0.114 e. The summed E-state index contributed by atoms with van der Waals surface area (Å²) in [5, 5.41) is 0. The average Bonchev–Trinajstić information content (AvgIpc) is 1.63. The minimum atomic E-state index is 0.764. The minimum absolute atomic E-state index is 0.764. The van der Waals surface area contributed by atoms with Crippen molar-refractivity contribution in [3.8, 4) is 0 Å². The van der Waals surface area contributed by atoms with Crippen LogP contribution in [0.5, 0.6) is 0 Å². The van der Waals surface area contributed by atoms with E-state index in [0.717, 1.165) is 5.82 Å². The van der Waals surface area contributed by atoms with Gasteiger partial charge in [-0.25, -0.2) is 0 Å². The molecular formula is C6H15N3. The van der Waals surface area contributed by atoms with Crippen LogP contribution in [0.1, 0.15) is 0 Å². The lowest BCUT2D eigenvalue weighted by Crippen LogP contribution is -2.21. The van der Waals surface area contributed by atoms with E-state index in [9.17, 15) is 0 Å². The Morgan fingerprint density at radius 3 is 1.78 bits per heavy atom. The SMILES string of the molecule is CN(C)/C=C(\N)N(C)C. The van der Waals surface area contributed by atoms with Gasteiger partial charge in [0.15, 0.2) is 0 Å². The van der Waals surface area contributed by atoms with Gasteiger partial charge in [-0.3, -0.25) is 0 Å². The fourth-order valence-electron chi connectivity index (χ4n) is 0.380. The molecule has 0 aromatic rings. The van der Waals surface area contributed by atoms with Gasteiger partial charge in [0, 0.05) is 34.4 Å². The molecule has 0 saturated heterocycles. The Kier molecular flexibility index (Phi) is 2.91. The van der Waals surface area contributed by atoms with Crippen LogP contribution in [0, 0.1) is 0 Å². The van der Waals surface area contributed by atoms with Gasteiger partial charge >= 0.3 is 0 Å². The molecule has 0 atom stereocenters. The standard InChI is InChI=1S/C6H15N3/c1-8(2)5-6(7)9(3)4/h5H,7H2,1-4H3/b6-5+. The van der Waals surface area contributed by atoms with Crippen molar-refractivity contribution in [2.24, 2.45) is 5.73 Å². The molecular weight excluding hydrogens is 114 g/mol. The van der Waals surface area contributed by atoms with Gasteiger partial charge in [0.05, 0.1) is 0 Å². The number of nitrogens with two attached hydrogens (primary N) is 1. The molecule has 0 rings (SSSR count). The monoisotopic (exact) mass is 129 g/mol. The van der Waals surface area contributed by atoms with Crippen LogP contribution < -0.4 is 5.73 Å². The summed E-state index contributed by atoms with van der Waals surface area (Å²) in [4.78, 5) is 3.77. The predicted molar refractivity (Wildman–Crippen MR) is 39.6 cm³/mol. The molecule has 54 valence electrons. The first-order valence-electron chi connectivity index (χ1n) is 2.85. The van der Waals surface area contributed by atoms with Crippen molar-refractivity contribution in [2.45, 2.75) is 0 Å². The van der Waals surface area contributed by atoms with E-state index in [4.69, 9.17) is 5.73 Å². The number of hydrogen-bond acceptors (Lipinski definition) is 3. The highest BCUT2D eigenvalue weighted by Crippen LogP contribution is 1.88. The lowest BCUT2D eigenvalue weighted by Gasteiger charge is -2.14. The van der Waals surface area contributed by atoms with E-state index in [1.165, 1.54) is 0 Å². The zero-order valence-electron chi connectivity index (χ0n) is 6.55. The molecule has 0 unspecified atom stereocenters. The lowest BCUT2D eigenvalue weighted by molar-refractivity contribution is 0.467. The summed E-state index contributed by atoms with van der Waals surface area (Å²) in [5.74, 6) is 0.764. The highest BCUT2D eigenvalue weighted by Gasteiger charge is 1.89. The van der Waals surface area contributed by atoms with Crippen molar-refractivity contribution < 1.29 is 0 Å². The van der Waals surface area contributed by atoms with E-state index in [1.54, 1.807) is 0 Å². The zero-order chi connectivity index (χ0) is 7.44. The van der Waals surface area contributed by atoms with Crippen LogP contribution in [0.4, 0.5) is 0 Å². The Hall–Kier alpha value is -0.860. The Morgan fingerprint density at radius 2 is 1.67 bits per heavy atom. The molecule has 0 aliphatic rings. The van der Waals surface area contributed by atoms with E-state index >= 15 is 0 Å². The van der Waals surface area contributed by atoms with Gasteiger partial charge in [-0.05, 0) is 0 Å². The molecule has 9 heavy (non-hydrogen) atoms. The van der Waals surface area contributed by atoms with Crippen molar-refractivity contribution in [3.05, 3.63) is 12.0 Å². The maximum absolute atomic E-state index is 5.56. The fourth-order valence-corrected chi connectivity index (χ4v) is 0.380. The molecule has 3 nitrogen and oxygen atoms in total. The van der Waals surface area contributed by atoms with Crippen LogP contribution in [0.25, 0.3) is 0 Å². The lowest BCUT2D eigenvalue weighted by atomic mass is 10.6. The van der Waals surface area contributed by atoms with Crippen LogP contribution in [-0.2, 0) is 0 Å². The van der Waals surface area contributed by atoms with E-state index in [0.29, 0.717) is 0 Å². The minimum Gasteiger partial charge on any atom is -0.384 e. The third-order valence-corrected chi connectivity index (χ3v) is 0.907. The molecule has 0 aromatic heterocycles. The molecule has 0 heterocycles. The van der Waals surface area contributed by atoms with Crippen molar-refractivity contribution in [2.75, 3.05) is 28.2 Å². The summed E-state index contributed by atoms with van der Waals surface area (Å²) in [6, 6.07) is 0. The first-order chi connectivity index (χ1) is 4.04. The average molecular weight is 129 g/mol. The Morgan fingerprint density at radius 1 is 1.22 bits per heavy atom. The highest BCUT2D eigenvalue weighted by atomic mass is 15.2. The van der Waals surface area contributed by atoms with Crippen molar-refractivity contribution in [1.29, 1.82) is 0 Å². The second-order valence-electron chi connectivity index (χ2n) is 2.41. The fraction of sp³-hybridized carbons (Fsp3) is 0.667. The Bertz CT molecular complexity index is 105. The molecule has 0 aliphatic heterocycles. The molecule has 0 amide bonds. The zero-order valence-corrected chi connectivity index (χ0v) is 6.55. The molecule has 0 radical (unpaired) electrons. The third kappa shape index (κ3) is 3.70. The van der Waals surface area contributed by atoms with Gasteiger partial charge in [0.1, 0.15) is 5.82 Å². The summed E-state index contributed by atoms with van der Waals surface area (Å²) < 4.78 is 0. The van der Waals surface area contributed by atoms with Crippen LogP contribution in [0.15, 0.2) is 12.0 Å². The van der Waals surface area contributed by atoms with E-state index in [2.05, 4.69) is 0 Å². The van der Waals surface area contributed by atoms with E-state index < -0.39 is 0 Å². The van der Waals surface area contributed by atoms with E-state index in [-0.39, 0.29) is 0 Å². The molecule has 0 fully saturated rings. The second kappa shape index (κ2) is 3.22. The van der Waals surface area contributed by atoms with Gasteiger partial charge in [0.2, 0.25) is 0 Å². The third-order valence-electron chi connectivity index (χ3n) is 0.907. The van der Waals surface area contributed by atoms with Gasteiger partial charge in [0.25, 0.3) is 0 Å². The maximum atomic E-state index is 5.56. The van der Waals surface area contributed by atoms with Crippen LogP contribution in [0.3, 0.4) is 0 Å². The summed E-state index contributed by atoms with van der Waals surface area (Å²) in [5.41, 5.74) is 5.56. The van der Waals surface area contributed by atoms with Crippen molar-refractivity contribution in [1.82, 2.24) is 9.80 Å². The van der Waals surface area contributed by atoms with E-state index in [1.807, 2.05) is 44.2 Å². The Labute approximate surface area is 56.7 Å². The molecule has 0 bridgehead atoms. The normalized spacial score (nSPS) is 11.3. The smallest absolute Gasteiger partial charge is 0.114 e. The molecule has 2 N–H and O–H groups in total. The predicted octanol–water partition coefficient (Wildman–Crippen LogP) is -0.133. The summed E-state index contributed by atoms with van der Waals surface area (Å²) in [6.45, 7) is 0. The van der Waals surface area contributed by atoms with Gasteiger partial charge in [-0.1, -0.05) is 0 Å². The molecule has 0 saturated carbocycles. The van der Waals surface area contributed by atoms with Gasteiger partial charge in [-0.2, -0.15) is 0 Å².